The molecule has 1 N–H and O–H groups in total. The van der Waals surface area contributed by atoms with E-state index >= 15 is 0 Å². The molecule has 0 bridgehead atoms. The first-order chi connectivity index (χ1) is 17.3. The molecule has 0 aliphatic heterocycles. The summed E-state index contributed by atoms with van der Waals surface area (Å²) in [4.78, 5) is 34.3. The standard InChI is InChI=1S/C25H20ClF4N5O2/c1-11(2)17-9-15(10-20(33-17)25(28,29)30)32-24(37)22-23(36)21-19(7-12(3)13(4)31-21)35(34-22)18-6-5-14(26)8-16(18)27/h5-11H,1-4H3,(H,32,33,37). The van der Waals surface area contributed by atoms with Crippen molar-refractivity contribution in [2.75, 3.05) is 5.32 Å². The Morgan fingerprint density at radius 1 is 1.08 bits per heavy atom. The number of hydrogen-bond acceptors (Lipinski definition) is 5. The van der Waals surface area contributed by atoms with Crippen molar-refractivity contribution in [2.24, 2.45) is 0 Å². The second-order valence-corrected chi connectivity index (χ2v) is 9.15. The molecule has 7 nitrogen and oxygen atoms in total. The topological polar surface area (TPSA) is 89.8 Å². The normalized spacial score (nSPS) is 11.8. The molecule has 0 aliphatic rings. The van der Waals surface area contributed by atoms with E-state index in [9.17, 15) is 27.2 Å². The molecule has 3 heterocycles. The van der Waals surface area contributed by atoms with Gasteiger partial charge in [0.1, 0.15) is 22.7 Å². The van der Waals surface area contributed by atoms with Crippen LogP contribution >= 0.6 is 11.6 Å². The zero-order valence-corrected chi connectivity index (χ0v) is 20.8. The van der Waals surface area contributed by atoms with Crippen molar-refractivity contribution in [1.29, 1.82) is 0 Å². The highest BCUT2D eigenvalue weighted by molar-refractivity contribution is 6.30. The SMILES string of the molecule is Cc1cc2c(nc1C)c(=O)c(C(=O)Nc1cc(C(C)C)nc(C(F)(F)F)c1)nn2-c1ccc(Cl)cc1F. The first-order valence-corrected chi connectivity index (χ1v) is 11.4. The van der Waals surface area contributed by atoms with Gasteiger partial charge in [0.25, 0.3) is 5.91 Å². The Hall–Kier alpha value is -3.86. The van der Waals surface area contributed by atoms with Crippen molar-refractivity contribution in [1.82, 2.24) is 19.7 Å². The lowest BCUT2D eigenvalue weighted by molar-refractivity contribution is -0.141. The second-order valence-electron chi connectivity index (χ2n) is 8.72. The molecule has 0 fully saturated rings. The molecule has 0 atom stereocenters. The highest BCUT2D eigenvalue weighted by atomic mass is 35.5. The van der Waals surface area contributed by atoms with E-state index in [0.717, 1.165) is 10.7 Å². The summed E-state index contributed by atoms with van der Waals surface area (Å²) in [5, 5.41) is 6.51. The molecule has 37 heavy (non-hydrogen) atoms. The zero-order valence-electron chi connectivity index (χ0n) is 20.0. The number of halogens is 5. The van der Waals surface area contributed by atoms with E-state index in [1.165, 1.54) is 18.2 Å². The number of aromatic nitrogens is 4. The van der Waals surface area contributed by atoms with Crippen LogP contribution < -0.4 is 10.7 Å². The van der Waals surface area contributed by atoms with Gasteiger partial charge in [0.05, 0.1) is 5.52 Å². The van der Waals surface area contributed by atoms with Gasteiger partial charge in [0.2, 0.25) is 5.43 Å². The van der Waals surface area contributed by atoms with E-state index in [1.807, 2.05) is 0 Å². The molecule has 1 amide bonds. The minimum Gasteiger partial charge on any atom is -0.320 e. The van der Waals surface area contributed by atoms with Crippen molar-refractivity contribution >= 4 is 34.2 Å². The van der Waals surface area contributed by atoms with Gasteiger partial charge in [-0.1, -0.05) is 25.4 Å². The van der Waals surface area contributed by atoms with Crippen molar-refractivity contribution in [3.63, 3.8) is 0 Å². The van der Waals surface area contributed by atoms with E-state index in [-0.39, 0.29) is 39.0 Å². The van der Waals surface area contributed by atoms with E-state index < -0.39 is 34.7 Å². The number of alkyl halides is 3. The number of anilines is 1. The number of nitrogens with zero attached hydrogens (tertiary/aromatic N) is 4. The average molecular weight is 534 g/mol. The van der Waals surface area contributed by atoms with Gasteiger partial charge in [-0.2, -0.15) is 18.3 Å². The van der Waals surface area contributed by atoms with Gasteiger partial charge in [-0.25, -0.2) is 19.0 Å². The molecule has 4 aromatic rings. The van der Waals surface area contributed by atoms with Crippen LogP contribution in [0.3, 0.4) is 0 Å². The fourth-order valence-corrected chi connectivity index (χ4v) is 3.73. The summed E-state index contributed by atoms with van der Waals surface area (Å²) in [7, 11) is 0. The quantitative estimate of drug-likeness (QED) is 0.326. The molecular weight excluding hydrogens is 514 g/mol. The number of fused-ring (bicyclic) bond motifs is 1. The molecule has 0 aliphatic carbocycles. The van der Waals surface area contributed by atoms with E-state index in [1.54, 1.807) is 33.8 Å². The number of amides is 1. The predicted octanol–water partition coefficient (Wildman–Crippen LogP) is 5.98. The van der Waals surface area contributed by atoms with Crippen molar-refractivity contribution in [3.8, 4) is 5.69 Å². The van der Waals surface area contributed by atoms with Crippen molar-refractivity contribution in [3.05, 3.63) is 85.8 Å². The number of hydrogen-bond donors (Lipinski definition) is 1. The molecular formula is C25H20ClF4N5O2. The van der Waals surface area contributed by atoms with E-state index in [2.05, 4.69) is 20.4 Å². The highest BCUT2D eigenvalue weighted by Crippen LogP contribution is 2.31. The largest absolute Gasteiger partial charge is 0.433 e. The van der Waals surface area contributed by atoms with Crippen LogP contribution in [-0.2, 0) is 6.18 Å². The van der Waals surface area contributed by atoms with Crippen LogP contribution in [0.1, 0.15) is 52.9 Å². The predicted molar refractivity (Wildman–Crippen MR) is 131 cm³/mol. The molecule has 3 aromatic heterocycles. The number of carbonyl (C=O) groups is 1. The molecule has 1 aromatic carbocycles. The number of benzene rings is 1. The lowest BCUT2D eigenvalue weighted by atomic mass is 10.1. The minimum atomic E-state index is -4.76. The summed E-state index contributed by atoms with van der Waals surface area (Å²) >= 11 is 5.86. The zero-order chi connectivity index (χ0) is 27.2. The lowest BCUT2D eigenvalue weighted by Crippen LogP contribution is -2.28. The van der Waals surface area contributed by atoms with Gasteiger partial charge < -0.3 is 5.32 Å². The third kappa shape index (κ3) is 5.17. The van der Waals surface area contributed by atoms with Gasteiger partial charge in [-0.05, 0) is 61.7 Å². The van der Waals surface area contributed by atoms with Crippen LogP contribution in [0.15, 0.2) is 41.2 Å². The molecule has 0 saturated heterocycles. The van der Waals surface area contributed by atoms with Crippen LogP contribution in [0, 0.1) is 19.7 Å². The Balaban J connectivity index is 1.91. The third-order valence-electron chi connectivity index (χ3n) is 5.64. The Morgan fingerprint density at radius 3 is 2.41 bits per heavy atom. The van der Waals surface area contributed by atoms with Crippen molar-refractivity contribution in [2.45, 2.75) is 39.8 Å². The maximum Gasteiger partial charge on any atom is 0.433 e. The van der Waals surface area contributed by atoms with Crippen LogP contribution in [0.2, 0.25) is 5.02 Å². The van der Waals surface area contributed by atoms with Crippen LogP contribution in [0.25, 0.3) is 16.7 Å². The number of aryl methyl sites for hydroxylation is 2. The summed E-state index contributed by atoms with van der Waals surface area (Å²) in [6, 6.07) is 7.28. The Morgan fingerprint density at radius 2 is 1.78 bits per heavy atom. The summed E-state index contributed by atoms with van der Waals surface area (Å²) in [5.74, 6) is -2.25. The summed E-state index contributed by atoms with van der Waals surface area (Å²) in [5.41, 5.74) is -1.85. The van der Waals surface area contributed by atoms with Crippen LogP contribution in [-0.4, -0.2) is 25.7 Å². The van der Waals surface area contributed by atoms with Crippen LogP contribution in [0.4, 0.5) is 23.2 Å². The monoisotopic (exact) mass is 533 g/mol. The number of carbonyl (C=O) groups excluding carboxylic acids is 1. The number of nitrogens with one attached hydrogen (secondary N) is 1. The van der Waals surface area contributed by atoms with E-state index in [4.69, 9.17) is 11.6 Å². The lowest BCUT2D eigenvalue weighted by Gasteiger charge is -2.15. The number of pyridine rings is 2. The van der Waals surface area contributed by atoms with Gasteiger partial charge >= 0.3 is 6.18 Å². The Bertz CT molecular complexity index is 1620. The summed E-state index contributed by atoms with van der Waals surface area (Å²) in [6.07, 6.45) is -4.76. The molecule has 12 heteroatoms. The van der Waals surface area contributed by atoms with Crippen molar-refractivity contribution < 1.29 is 22.4 Å². The van der Waals surface area contributed by atoms with Crippen LogP contribution in [0.5, 0.6) is 0 Å². The average Bonchev–Trinajstić information content (AvgIpc) is 2.80. The van der Waals surface area contributed by atoms with E-state index in [0.29, 0.717) is 17.3 Å². The molecule has 0 saturated carbocycles. The van der Waals surface area contributed by atoms with Gasteiger partial charge in [0.15, 0.2) is 5.69 Å². The number of rotatable bonds is 4. The van der Waals surface area contributed by atoms with Gasteiger partial charge in [-0.3, -0.25) is 9.59 Å². The first-order valence-electron chi connectivity index (χ1n) is 11.0. The molecule has 0 unspecified atom stereocenters. The fraction of sp³-hybridized carbons (Fsp3) is 0.240. The second kappa shape index (κ2) is 9.55. The highest BCUT2D eigenvalue weighted by Gasteiger charge is 2.34. The minimum absolute atomic E-state index is 0.0880. The first kappa shape index (κ1) is 26.2. The molecule has 0 radical (unpaired) electrons. The smallest absolute Gasteiger partial charge is 0.320 e. The Kier molecular flexibility index (Phi) is 6.76. The molecule has 192 valence electrons. The molecule has 0 spiro atoms. The molecule has 4 rings (SSSR count). The van der Waals surface area contributed by atoms with Gasteiger partial charge in [0, 0.05) is 22.1 Å². The summed E-state index contributed by atoms with van der Waals surface area (Å²) in [6.45, 7) is 6.69. The third-order valence-corrected chi connectivity index (χ3v) is 5.88. The maximum atomic E-state index is 14.8. The fourth-order valence-electron chi connectivity index (χ4n) is 3.57. The van der Waals surface area contributed by atoms with Gasteiger partial charge in [-0.15, -0.1) is 0 Å². The Labute approximate surface area is 213 Å². The summed E-state index contributed by atoms with van der Waals surface area (Å²) < 4.78 is 56.1. The maximum absolute atomic E-state index is 14.8.